The minimum absolute atomic E-state index is 0.0593. The fraction of sp³-hybridized carbons (Fsp3) is 0.0556. The first-order valence-electron chi connectivity index (χ1n) is 7.10. The Hall–Kier alpha value is -3.21. The van der Waals surface area contributed by atoms with Crippen LogP contribution in [-0.4, -0.2) is 9.91 Å². The number of aromatic nitrogens is 1. The molecule has 0 radical (unpaired) electrons. The SMILES string of the molecule is O=[N+]([O-])c1cnc(OCc2ccccc2)c(-c2ccccc2)c1. The molecule has 0 fully saturated rings. The normalized spacial score (nSPS) is 10.3. The maximum absolute atomic E-state index is 11.0. The van der Waals surface area contributed by atoms with E-state index in [1.165, 1.54) is 12.3 Å². The van der Waals surface area contributed by atoms with E-state index in [1.807, 2.05) is 60.7 Å². The summed E-state index contributed by atoms with van der Waals surface area (Å²) in [5.41, 5.74) is 2.38. The lowest BCUT2D eigenvalue weighted by molar-refractivity contribution is -0.385. The van der Waals surface area contributed by atoms with Crippen molar-refractivity contribution >= 4 is 5.69 Å². The lowest BCUT2D eigenvalue weighted by Gasteiger charge is -2.10. The van der Waals surface area contributed by atoms with Crippen molar-refractivity contribution in [3.8, 4) is 17.0 Å². The summed E-state index contributed by atoms with van der Waals surface area (Å²) >= 11 is 0. The van der Waals surface area contributed by atoms with Gasteiger partial charge in [-0.2, -0.15) is 0 Å². The van der Waals surface area contributed by atoms with Gasteiger partial charge in [0.25, 0.3) is 5.69 Å². The molecule has 0 N–H and O–H groups in total. The summed E-state index contributed by atoms with van der Waals surface area (Å²) in [5.74, 6) is 0.380. The zero-order valence-electron chi connectivity index (χ0n) is 12.3. The van der Waals surface area contributed by atoms with E-state index in [1.54, 1.807) is 0 Å². The molecule has 5 heteroatoms. The van der Waals surface area contributed by atoms with Crippen molar-refractivity contribution in [2.45, 2.75) is 6.61 Å². The number of nitro groups is 1. The van der Waals surface area contributed by atoms with E-state index in [0.717, 1.165) is 11.1 Å². The molecule has 0 unspecified atom stereocenters. The van der Waals surface area contributed by atoms with Crippen molar-refractivity contribution in [1.29, 1.82) is 0 Å². The molecule has 0 spiro atoms. The third-order valence-corrected chi connectivity index (χ3v) is 3.35. The van der Waals surface area contributed by atoms with Crippen molar-refractivity contribution in [2.24, 2.45) is 0 Å². The topological polar surface area (TPSA) is 65.3 Å². The predicted molar refractivity (Wildman–Crippen MR) is 87.1 cm³/mol. The Morgan fingerprint density at radius 2 is 1.65 bits per heavy atom. The van der Waals surface area contributed by atoms with E-state index in [0.29, 0.717) is 18.1 Å². The Labute approximate surface area is 133 Å². The molecule has 0 saturated heterocycles. The minimum Gasteiger partial charge on any atom is -0.472 e. The van der Waals surface area contributed by atoms with Gasteiger partial charge in [0.1, 0.15) is 12.8 Å². The zero-order chi connectivity index (χ0) is 16.1. The molecule has 0 amide bonds. The second kappa shape index (κ2) is 6.70. The Kier molecular flexibility index (Phi) is 4.29. The molecular weight excluding hydrogens is 292 g/mol. The summed E-state index contributed by atoms with van der Waals surface area (Å²) in [6.07, 6.45) is 1.22. The summed E-state index contributed by atoms with van der Waals surface area (Å²) in [6, 6.07) is 20.6. The van der Waals surface area contributed by atoms with Crippen LogP contribution in [0.2, 0.25) is 0 Å². The highest BCUT2D eigenvalue weighted by molar-refractivity contribution is 5.70. The van der Waals surface area contributed by atoms with Crippen molar-refractivity contribution < 1.29 is 9.66 Å². The number of ether oxygens (including phenoxy) is 1. The molecule has 5 nitrogen and oxygen atoms in total. The number of hydrogen-bond acceptors (Lipinski definition) is 4. The first kappa shape index (κ1) is 14.7. The van der Waals surface area contributed by atoms with Crippen LogP contribution in [0.4, 0.5) is 5.69 Å². The molecule has 0 aliphatic heterocycles. The van der Waals surface area contributed by atoms with Gasteiger partial charge >= 0.3 is 0 Å². The standard InChI is InChI=1S/C18H14N2O3/c21-20(22)16-11-17(15-9-5-2-6-10-15)18(19-12-16)23-13-14-7-3-1-4-8-14/h1-12H,13H2. The Balaban J connectivity index is 1.94. The highest BCUT2D eigenvalue weighted by Crippen LogP contribution is 2.31. The molecule has 0 bridgehead atoms. The Morgan fingerprint density at radius 3 is 2.30 bits per heavy atom. The predicted octanol–water partition coefficient (Wildman–Crippen LogP) is 4.24. The summed E-state index contributed by atoms with van der Waals surface area (Å²) in [7, 11) is 0. The smallest absolute Gasteiger partial charge is 0.288 e. The van der Waals surface area contributed by atoms with Gasteiger partial charge in [0.2, 0.25) is 5.88 Å². The van der Waals surface area contributed by atoms with Crippen LogP contribution in [-0.2, 0) is 6.61 Å². The molecule has 114 valence electrons. The molecule has 2 aromatic carbocycles. The molecule has 0 aliphatic carbocycles. The van der Waals surface area contributed by atoms with Crippen LogP contribution in [0.5, 0.6) is 5.88 Å². The van der Waals surface area contributed by atoms with Gasteiger partial charge in [-0.25, -0.2) is 4.98 Å². The van der Waals surface area contributed by atoms with Gasteiger partial charge < -0.3 is 4.74 Å². The molecule has 3 rings (SSSR count). The largest absolute Gasteiger partial charge is 0.472 e. The van der Waals surface area contributed by atoms with Crippen molar-refractivity contribution in [1.82, 2.24) is 4.98 Å². The quantitative estimate of drug-likeness (QED) is 0.522. The highest BCUT2D eigenvalue weighted by atomic mass is 16.6. The zero-order valence-corrected chi connectivity index (χ0v) is 12.3. The minimum atomic E-state index is -0.458. The lowest BCUT2D eigenvalue weighted by atomic mass is 10.1. The molecule has 0 saturated carbocycles. The summed E-state index contributed by atoms with van der Waals surface area (Å²) in [4.78, 5) is 14.7. The fourth-order valence-corrected chi connectivity index (χ4v) is 2.21. The average Bonchev–Trinajstić information content (AvgIpc) is 2.61. The van der Waals surface area contributed by atoms with E-state index in [-0.39, 0.29) is 5.69 Å². The number of pyridine rings is 1. The van der Waals surface area contributed by atoms with E-state index < -0.39 is 4.92 Å². The molecule has 0 aliphatic rings. The monoisotopic (exact) mass is 306 g/mol. The Bertz CT molecular complexity index is 805. The van der Waals surface area contributed by atoms with Crippen LogP contribution in [0.3, 0.4) is 0 Å². The van der Waals surface area contributed by atoms with Gasteiger partial charge in [-0.1, -0.05) is 60.7 Å². The van der Waals surface area contributed by atoms with Gasteiger partial charge in [-0.05, 0) is 11.1 Å². The van der Waals surface area contributed by atoms with Gasteiger partial charge in [0, 0.05) is 6.07 Å². The van der Waals surface area contributed by atoms with Crippen LogP contribution < -0.4 is 4.74 Å². The lowest BCUT2D eigenvalue weighted by Crippen LogP contribution is -2.00. The van der Waals surface area contributed by atoms with Crippen LogP contribution >= 0.6 is 0 Å². The first-order chi connectivity index (χ1) is 11.2. The van der Waals surface area contributed by atoms with E-state index in [9.17, 15) is 10.1 Å². The van der Waals surface area contributed by atoms with Gasteiger partial charge in [-0.3, -0.25) is 10.1 Å². The van der Waals surface area contributed by atoms with Gasteiger partial charge in [0.15, 0.2) is 0 Å². The van der Waals surface area contributed by atoms with Crippen molar-refractivity contribution in [3.05, 3.63) is 88.6 Å². The number of hydrogen-bond donors (Lipinski definition) is 0. The third-order valence-electron chi connectivity index (χ3n) is 3.35. The van der Waals surface area contributed by atoms with Crippen LogP contribution in [0.15, 0.2) is 72.9 Å². The molecule has 0 atom stereocenters. The number of nitrogens with zero attached hydrogens (tertiary/aromatic N) is 2. The van der Waals surface area contributed by atoms with Crippen LogP contribution in [0.1, 0.15) is 5.56 Å². The summed E-state index contributed by atoms with van der Waals surface area (Å²) in [6.45, 7) is 0.353. The molecule has 1 heterocycles. The first-order valence-corrected chi connectivity index (χ1v) is 7.10. The van der Waals surface area contributed by atoms with Gasteiger partial charge in [0.05, 0.1) is 10.5 Å². The summed E-state index contributed by atoms with van der Waals surface area (Å²) < 4.78 is 5.78. The molecule has 3 aromatic rings. The third kappa shape index (κ3) is 3.52. The van der Waals surface area contributed by atoms with E-state index in [4.69, 9.17) is 4.74 Å². The molecular formula is C18H14N2O3. The van der Waals surface area contributed by atoms with Crippen LogP contribution in [0.25, 0.3) is 11.1 Å². The molecule has 1 aromatic heterocycles. The van der Waals surface area contributed by atoms with E-state index >= 15 is 0 Å². The molecule has 23 heavy (non-hydrogen) atoms. The van der Waals surface area contributed by atoms with Crippen molar-refractivity contribution in [3.63, 3.8) is 0 Å². The fourth-order valence-electron chi connectivity index (χ4n) is 2.21. The second-order valence-corrected chi connectivity index (χ2v) is 4.94. The highest BCUT2D eigenvalue weighted by Gasteiger charge is 2.15. The summed E-state index contributed by atoms with van der Waals surface area (Å²) in [5, 5.41) is 11.0. The number of rotatable bonds is 5. The average molecular weight is 306 g/mol. The maximum atomic E-state index is 11.0. The van der Waals surface area contributed by atoms with E-state index in [2.05, 4.69) is 4.98 Å². The number of benzene rings is 2. The maximum Gasteiger partial charge on any atom is 0.288 e. The second-order valence-electron chi connectivity index (χ2n) is 4.94. The van der Waals surface area contributed by atoms with Crippen LogP contribution in [0, 0.1) is 10.1 Å². The van der Waals surface area contributed by atoms with Gasteiger partial charge in [-0.15, -0.1) is 0 Å². The van der Waals surface area contributed by atoms with Crippen molar-refractivity contribution in [2.75, 3.05) is 0 Å². The Morgan fingerprint density at radius 1 is 1.00 bits per heavy atom.